The van der Waals surface area contributed by atoms with Crippen LogP contribution in [-0.2, 0) is 0 Å². The Labute approximate surface area is 116 Å². The zero-order chi connectivity index (χ0) is 14.8. The Morgan fingerprint density at radius 1 is 1.10 bits per heavy atom. The van der Waals surface area contributed by atoms with Gasteiger partial charge in [0.05, 0.1) is 0 Å². The second-order valence-corrected chi connectivity index (χ2v) is 4.77. The fourth-order valence-corrected chi connectivity index (χ4v) is 1.87. The summed E-state index contributed by atoms with van der Waals surface area (Å²) >= 11 is 0. The zero-order valence-electron chi connectivity index (χ0n) is 11.2. The minimum Gasteiger partial charge on any atom is -0.406 e. The first kappa shape index (κ1) is 14.4. The minimum absolute atomic E-state index is 0.235. The van der Waals surface area contributed by atoms with Crippen LogP contribution in [0.3, 0.4) is 0 Å². The lowest BCUT2D eigenvalue weighted by atomic mass is 9.97. The molecule has 0 atom stereocenters. The Kier molecular flexibility index (Phi) is 4.02. The predicted octanol–water partition coefficient (Wildman–Crippen LogP) is 5.18. The summed E-state index contributed by atoms with van der Waals surface area (Å²) < 4.78 is 40.6. The van der Waals surface area contributed by atoms with Crippen LogP contribution in [0.15, 0.2) is 42.5 Å². The van der Waals surface area contributed by atoms with Gasteiger partial charge in [0.2, 0.25) is 0 Å². The van der Waals surface area contributed by atoms with Gasteiger partial charge in [-0.05, 0) is 40.8 Å². The Bertz CT molecular complexity index is 588. The molecule has 0 fully saturated rings. The van der Waals surface area contributed by atoms with Crippen molar-refractivity contribution in [1.82, 2.24) is 0 Å². The molecule has 2 aromatic rings. The van der Waals surface area contributed by atoms with Gasteiger partial charge in [-0.2, -0.15) is 0 Å². The third-order valence-electron chi connectivity index (χ3n) is 2.87. The highest BCUT2D eigenvalue weighted by Crippen LogP contribution is 2.29. The van der Waals surface area contributed by atoms with Crippen LogP contribution in [0.4, 0.5) is 13.2 Å². The van der Waals surface area contributed by atoms with Gasteiger partial charge in [0.15, 0.2) is 0 Å². The van der Waals surface area contributed by atoms with Gasteiger partial charge in [-0.1, -0.05) is 44.2 Å². The van der Waals surface area contributed by atoms with Gasteiger partial charge < -0.3 is 4.74 Å². The van der Waals surface area contributed by atoms with E-state index >= 15 is 0 Å². The smallest absolute Gasteiger partial charge is 0.406 e. The van der Waals surface area contributed by atoms with Gasteiger partial charge in [0.25, 0.3) is 0 Å². The van der Waals surface area contributed by atoms with Crippen molar-refractivity contribution in [2.24, 2.45) is 0 Å². The van der Waals surface area contributed by atoms with Gasteiger partial charge in [-0.25, -0.2) is 0 Å². The van der Waals surface area contributed by atoms with Crippen molar-refractivity contribution in [3.8, 4) is 16.9 Å². The van der Waals surface area contributed by atoms with E-state index in [2.05, 4.69) is 24.7 Å². The fraction of sp³-hybridized carbons (Fsp3) is 0.250. The molecule has 0 aliphatic carbocycles. The van der Waals surface area contributed by atoms with Gasteiger partial charge in [-0.3, -0.25) is 0 Å². The highest BCUT2D eigenvalue weighted by molar-refractivity contribution is 5.65. The van der Waals surface area contributed by atoms with Crippen molar-refractivity contribution in [2.45, 2.75) is 26.1 Å². The average Bonchev–Trinajstić information content (AvgIpc) is 2.37. The number of hydrogen-bond acceptors (Lipinski definition) is 1. The molecule has 0 N–H and O–H groups in total. The van der Waals surface area contributed by atoms with Crippen LogP contribution in [0, 0.1) is 6.07 Å². The van der Waals surface area contributed by atoms with Crippen molar-refractivity contribution in [3.63, 3.8) is 0 Å². The minimum atomic E-state index is -4.68. The largest absolute Gasteiger partial charge is 0.573 e. The quantitative estimate of drug-likeness (QED) is 0.752. The normalized spacial score (nSPS) is 11.7. The molecular weight excluding hydrogens is 265 g/mol. The Morgan fingerprint density at radius 3 is 2.50 bits per heavy atom. The summed E-state index contributed by atoms with van der Waals surface area (Å²) in [5.74, 6) is 0.116. The maximum Gasteiger partial charge on any atom is 0.573 e. The van der Waals surface area contributed by atoms with Crippen LogP contribution >= 0.6 is 0 Å². The number of rotatable bonds is 3. The van der Waals surface area contributed by atoms with E-state index in [1.807, 2.05) is 24.3 Å². The molecule has 0 aliphatic heterocycles. The van der Waals surface area contributed by atoms with Crippen molar-refractivity contribution < 1.29 is 17.9 Å². The molecule has 105 valence electrons. The first-order valence-electron chi connectivity index (χ1n) is 6.23. The van der Waals surface area contributed by atoms with E-state index in [9.17, 15) is 13.2 Å². The third kappa shape index (κ3) is 3.76. The number of alkyl halides is 3. The molecule has 4 heteroatoms. The molecule has 0 amide bonds. The zero-order valence-corrected chi connectivity index (χ0v) is 11.2. The second-order valence-electron chi connectivity index (χ2n) is 4.77. The summed E-state index contributed by atoms with van der Waals surface area (Å²) in [5.41, 5.74) is 2.52. The topological polar surface area (TPSA) is 9.23 Å². The van der Waals surface area contributed by atoms with Crippen molar-refractivity contribution >= 4 is 0 Å². The number of hydrogen-bond donors (Lipinski definition) is 0. The van der Waals surface area contributed by atoms with Crippen LogP contribution in [0.2, 0.25) is 0 Å². The van der Waals surface area contributed by atoms with Gasteiger partial charge in [0.1, 0.15) is 5.75 Å². The fourth-order valence-electron chi connectivity index (χ4n) is 1.87. The summed E-state index contributed by atoms with van der Waals surface area (Å²) in [7, 11) is 0. The Morgan fingerprint density at radius 2 is 1.85 bits per heavy atom. The SMILES string of the molecule is CC(C)c1cccc(-c2[c]ccc(OC(F)(F)F)c2)c1. The highest BCUT2D eigenvalue weighted by atomic mass is 19.4. The molecule has 0 aromatic heterocycles. The maximum atomic E-state index is 12.2. The van der Waals surface area contributed by atoms with Crippen LogP contribution in [-0.4, -0.2) is 6.36 Å². The average molecular weight is 279 g/mol. The molecular formula is C16H14F3O. The highest BCUT2D eigenvalue weighted by Gasteiger charge is 2.31. The molecule has 0 saturated carbocycles. The molecule has 0 spiro atoms. The van der Waals surface area contributed by atoms with Gasteiger partial charge in [-0.15, -0.1) is 13.2 Å². The molecule has 0 saturated heterocycles. The summed E-state index contributed by atoms with van der Waals surface area (Å²) in [6.07, 6.45) is -4.68. The molecule has 0 bridgehead atoms. The molecule has 1 radical (unpaired) electrons. The van der Waals surface area contributed by atoms with E-state index < -0.39 is 6.36 Å². The van der Waals surface area contributed by atoms with Crippen molar-refractivity contribution in [3.05, 3.63) is 54.1 Å². The molecule has 0 aliphatic rings. The molecule has 0 heterocycles. The van der Waals surface area contributed by atoms with Crippen molar-refractivity contribution in [1.29, 1.82) is 0 Å². The summed E-state index contributed by atoms with van der Waals surface area (Å²) in [6, 6.07) is 14.6. The molecule has 0 unspecified atom stereocenters. The molecule has 1 nitrogen and oxygen atoms in total. The molecule has 2 aromatic carbocycles. The molecule has 2 rings (SSSR count). The summed E-state index contributed by atoms with van der Waals surface area (Å²) in [6.45, 7) is 4.12. The van der Waals surface area contributed by atoms with E-state index in [0.29, 0.717) is 11.5 Å². The van der Waals surface area contributed by atoms with Crippen LogP contribution in [0.25, 0.3) is 11.1 Å². The first-order valence-corrected chi connectivity index (χ1v) is 6.23. The molecule has 20 heavy (non-hydrogen) atoms. The van der Waals surface area contributed by atoms with E-state index in [0.717, 1.165) is 11.1 Å². The van der Waals surface area contributed by atoms with Crippen LogP contribution in [0.1, 0.15) is 25.3 Å². The predicted molar refractivity (Wildman–Crippen MR) is 71.5 cm³/mol. The Balaban J connectivity index is 2.33. The van der Waals surface area contributed by atoms with Crippen molar-refractivity contribution in [2.75, 3.05) is 0 Å². The van der Waals surface area contributed by atoms with Crippen LogP contribution < -0.4 is 4.74 Å². The Hall–Kier alpha value is -1.97. The van der Waals surface area contributed by atoms with E-state index in [4.69, 9.17) is 0 Å². The maximum absolute atomic E-state index is 12.2. The van der Waals surface area contributed by atoms with E-state index in [-0.39, 0.29) is 5.75 Å². The summed E-state index contributed by atoms with van der Waals surface area (Å²) in [5, 5.41) is 0. The second kappa shape index (κ2) is 5.57. The lowest BCUT2D eigenvalue weighted by Crippen LogP contribution is -2.17. The third-order valence-corrected chi connectivity index (χ3v) is 2.87. The monoisotopic (exact) mass is 279 g/mol. The lowest BCUT2D eigenvalue weighted by molar-refractivity contribution is -0.274. The standard InChI is InChI=1S/C16H14F3O/c1-11(2)12-5-3-6-13(9-12)14-7-4-8-15(10-14)20-16(17,18)19/h3-6,8-11H,1-2H3. The summed E-state index contributed by atoms with van der Waals surface area (Å²) in [4.78, 5) is 0. The number of benzene rings is 2. The van der Waals surface area contributed by atoms with E-state index in [1.54, 1.807) is 0 Å². The number of ether oxygens (including phenoxy) is 1. The first-order chi connectivity index (χ1) is 9.35. The van der Waals surface area contributed by atoms with Crippen LogP contribution in [0.5, 0.6) is 5.75 Å². The number of halogens is 3. The van der Waals surface area contributed by atoms with Gasteiger partial charge in [0, 0.05) is 0 Å². The lowest BCUT2D eigenvalue weighted by Gasteiger charge is -2.11. The van der Waals surface area contributed by atoms with Gasteiger partial charge >= 0.3 is 6.36 Å². The van der Waals surface area contributed by atoms with E-state index in [1.165, 1.54) is 18.2 Å².